The minimum absolute atomic E-state index is 0.00894. The molecule has 0 spiro atoms. The quantitative estimate of drug-likeness (QED) is 0.725. The zero-order valence-electron chi connectivity index (χ0n) is 8.59. The summed E-state index contributed by atoms with van der Waals surface area (Å²) in [5.74, 6) is 1.77. The van der Waals surface area contributed by atoms with E-state index in [-0.39, 0.29) is 5.54 Å². The van der Waals surface area contributed by atoms with Gasteiger partial charge in [0.05, 0.1) is 6.61 Å². The Hall–Kier alpha value is -0.0800. The third-order valence-corrected chi connectivity index (χ3v) is 3.82. The largest absolute Gasteiger partial charge is 0.379 e. The van der Waals surface area contributed by atoms with E-state index < -0.39 is 0 Å². The molecule has 2 unspecified atom stereocenters. The molecule has 2 heteroatoms. The second kappa shape index (κ2) is 3.58. The molecule has 2 nitrogen and oxygen atoms in total. The molecule has 2 atom stereocenters. The van der Waals surface area contributed by atoms with Crippen LogP contribution >= 0.6 is 0 Å². The molecule has 1 aliphatic heterocycles. The Morgan fingerprint density at radius 3 is 2.77 bits per heavy atom. The van der Waals surface area contributed by atoms with Crippen LogP contribution < -0.4 is 5.73 Å². The van der Waals surface area contributed by atoms with Gasteiger partial charge in [0, 0.05) is 12.1 Å². The summed E-state index contributed by atoms with van der Waals surface area (Å²) in [5, 5.41) is 0. The second-order valence-electron chi connectivity index (χ2n) is 5.04. The highest BCUT2D eigenvalue weighted by Crippen LogP contribution is 2.38. The average Bonchev–Trinajstić information content (AvgIpc) is 2.31. The van der Waals surface area contributed by atoms with Crippen molar-refractivity contribution in [2.45, 2.75) is 44.6 Å². The van der Waals surface area contributed by atoms with E-state index in [2.05, 4.69) is 6.92 Å². The third-order valence-electron chi connectivity index (χ3n) is 3.82. The molecule has 1 aliphatic carbocycles. The molecular formula is C11H21NO. The number of hydrogen-bond acceptors (Lipinski definition) is 2. The Labute approximate surface area is 80.8 Å². The zero-order chi connectivity index (χ0) is 9.31. The zero-order valence-corrected chi connectivity index (χ0v) is 8.59. The fourth-order valence-corrected chi connectivity index (χ4v) is 2.60. The predicted molar refractivity (Wildman–Crippen MR) is 53.5 cm³/mol. The molecule has 2 N–H and O–H groups in total. The lowest BCUT2D eigenvalue weighted by atomic mass is 9.72. The molecule has 1 heterocycles. The molecule has 13 heavy (non-hydrogen) atoms. The lowest BCUT2D eigenvalue weighted by molar-refractivity contribution is 0.145. The van der Waals surface area contributed by atoms with E-state index in [1.807, 2.05) is 0 Å². The van der Waals surface area contributed by atoms with Crippen molar-refractivity contribution < 1.29 is 4.74 Å². The van der Waals surface area contributed by atoms with Crippen molar-refractivity contribution in [2.75, 3.05) is 13.2 Å². The first kappa shape index (κ1) is 9.47. The van der Waals surface area contributed by atoms with Gasteiger partial charge >= 0.3 is 0 Å². The average molecular weight is 183 g/mol. The SMILES string of the molecule is CC(CC1(N)CCOC1)C1CCC1. The van der Waals surface area contributed by atoms with Gasteiger partial charge in [-0.15, -0.1) is 0 Å². The molecule has 0 radical (unpaired) electrons. The minimum atomic E-state index is 0.00894. The Kier molecular flexibility index (Phi) is 2.61. The number of hydrogen-bond donors (Lipinski definition) is 1. The summed E-state index contributed by atoms with van der Waals surface area (Å²) in [6, 6.07) is 0. The monoisotopic (exact) mass is 183 g/mol. The van der Waals surface area contributed by atoms with Gasteiger partial charge < -0.3 is 10.5 Å². The fraction of sp³-hybridized carbons (Fsp3) is 1.00. The standard InChI is InChI=1S/C11H21NO/c1-9(10-3-2-4-10)7-11(12)5-6-13-8-11/h9-10H,2-8,12H2,1H3. The first-order valence-corrected chi connectivity index (χ1v) is 5.56. The molecule has 2 fully saturated rings. The molecule has 76 valence electrons. The highest BCUT2D eigenvalue weighted by molar-refractivity contribution is 4.91. The van der Waals surface area contributed by atoms with Gasteiger partial charge in [0.2, 0.25) is 0 Å². The lowest BCUT2D eigenvalue weighted by Crippen LogP contribution is -2.43. The number of rotatable bonds is 3. The van der Waals surface area contributed by atoms with Gasteiger partial charge in [-0.3, -0.25) is 0 Å². The smallest absolute Gasteiger partial charge is 0.0647 e. The van der Waals surface area contributed by atoms with Gasteiger partial charge in [0.25, 0.3) is 0 Å². The van der Waals surface area contributed by atoms with Crippen LogP contribution in [0.4, 0.5) is 0 Å². The molecular weight excluding hydrogens is 162 g/mol. The van der Waals surface area contributed by atoms with Crippen LogP contribution in [0.25, 0.3) is 0 Å². The van der Waals surface area contributed by atoms with E-state index in [1.54, 1.807) is 0 Å². The van der Waals surface area contributed by atoms with E-state index in [9.17, 15) is 0 Å². The van der Waals surface area contributed by atoms with E-state index in [0.29, 0.717) is 0 Å². The van der Waals surface area contributed by atoms with Crippen molar-refractivity contribution in [3.8, 4) is 0 Å². The summed E-state index contributed by atoms with van der Waals surface area (Å²) in [6.45, 7) is 4.01. The van der Waals surface area contributed by atoms with Crippen LogP contribution in [0, 0.1) is 11.8 Å². The maximum atomic E-state index is 6.25. The topological polar surface area (TPSA) is 35.2 Å². The van der Waals surface area contributed by atoms with Gasteiger partial charge in [0.1, 0.15) is 0 Å². The molecule has 2 rings (SSSR count). The third kappa shape index (κ3) is 2.05. The molecule has 1 saturated carbocycles. The van der Waals surface area contributed by atoms with Crippen LogP contribution in [0.3, 0.4) is 0 Å². The van der Waals surface area contributed by atoms with Crippen molar-refractivity contribution in [1.29, 1.82) is 0 Å². The first-order valence-electron chi connectivity index (χ1n) is 5.56. The van der Waals surface area contributed by atoms with Crippen LogP contribution in [0.1, 0.15) is 39.0 Å². The Morgan fingerprint density at radius 2 is 2.31 bits per heavy atom. The number of ether oxygens (including phenoxy) is 1. The normalized spacial score (nSPS) is 37.4. The molecule has 0 aromatic heterocycles. The Bertz CT molecular complexity index is 171. The van der Waals surface area contributed by atoms with E-state index >= 15 is 0 Å². The maximum absolute atomic E-state index is 6.25. The Morgan fingerprint density at radius 1 is 1.54 bits per heavy atom. The summed E-state index contributed by atoms with van der Waals surface area (Å²) in [7, 11) is 0. The Balaban J connectivity index is 1.81. The summed E-state index contributed by atoms with van der Waals surface area (Å²) < 4.78 is 5.37. The summed E-state index contributed by atoms with van der Waals surface area (Å²) in [5.41, 5.74) is 6.26. The van der Waals surface area contributed by atoms with Gasteiger partial charge in [-0.05, 0) is 24.7 Å². The van der Waals surface area contributed by atoms with E-state index in [1.165, 1.54) is 19.3 Å². The molecule has 0 aromatic rings. The van der Waals surface area contributed by atoms with Crippen LogP contribution in [0.5, 0.6) is 0 Å². The van der Waals surface area contributed by atoms with E-state index in [4.69, 9.17) is 10.5 Å². The van der Waals surface area contributed by atoms with Gasteiger partial charge in [-0.25, -0.2) is 0 Å². The first-order chi connectivity index (χ1) is 6.20. The molecule has 2 aliphatic rings. The molecule has 1 saturated heterocycles. The molecule has 0 bridgehead atoms. The van der Waals surface area contributed by atoms with Crippen LogP contribution in [-0.4, -0.2) is 18.8 Å². The highest BCUT2D eigenvalue weighted by Gasteiger charge is 2.35. The van der Waals surface area contributed by atoms with Gasteiger partial charge in [0.15, 0.2) is 0 Å². The van der Waals surface area contributed by atoms with Crippen LogP contribution in [-0.2, 0) is 4.74 Å². The van der Waals surface area contributed by atoms with Crippen LogP contribution in [0.15, 0.2) is 0 Å². The van der Waals surface area contributed by atoms with Crippen LogP contribution in [0.2, 0.25) is 0 Å². The fourth-order valence-electron chi connectivity index (χ4n) is 2.60. The van der Waals surface area contributed by atoms with Gasteiger partial charge in [-0.2, -0.15) is 0 Å². The van der Waals surface area contributed by atoms with Gasteiger partial charge in [-0.1, -0.05) is 26.2 Å². The second-order valence-corrected chi connectivity index (χ2v) is 5.04. The lowest BCUT2D eigenvalue weighted by Gasteiger charge is -2.35. The molecule has 0 aromatic carbocycles. The van der Waals surface area contributed by atoms with Crippen molar-refractivity contribution in [1.82, 2.24) is 0 Å². The molecule has 0 amide bonds. The van der Waals surface area contributed by atoms with Crippen molar-refractivity contribution in [2.24, 2.45) is 17.6 Å². The number of nitrogens with two attached hydrogens (primary N) is 1. The summed E-state index contributed by atoms with van der Waals surface area (Å²) >= 11 is 0. The highest BCUT2D eigenvalue weighted by atomic mass is 16.5. The maximum Gasteiger partial charge on any atom is 0.0647 e. The van der Waals surface area contributed by atoms with Crippen molar-refractivity contribution >= 4 is 0 Å². The van der Waals surface area contributed by atoms with E-state index in [0.717, 1.165) is 37.9 Å². The minimum Gasteiger partial charge on any atom is -0.379 e. The van der Waals surface area contributed by atoms with Crippen molar-refractivity contribution in [3.63, 3.8) is 0 Å². The van der Waals surface area contributed by atoms with Crippen molar-refractivity contribution in [3.05, 3.63) is 0 Å². The summed E-state index contributed by atoms with van der Waals surface area (Å²) in [6.07, 6.45) is 6.51. The predicted octanol–water partition coefficient (Wildman–Crippen LogP) is 1.93. The summed E-state index contributed by atoms with van der Waals surface area (Å²) in [4.78, 5) is 0.